The third-order valence-electron chi connectivity index (χ3n) is 5.88. The Morgan fingerprint density at radius 2 is 1.73 bits per heavy atom. The number of nitrogens with zero attached hydrogens (tertiary/aromatic N) is 2. The van der Waals surface area contributed by atoms with Crippen LogP contribution in [0.3, 0.4) is 0 Å². The van der Waals surface area contributed by atoms with Gasteiger partial charge in [-0.05, 0) is 36.1 Å². The van der Waals surface area contributed by atoms with Gasteiger partial charge >= 0.3 is 0 Å². The summed E-state index contributed by atoms with van der Waals surface area (Å²) in [4.78, 5) is 0. The molecule has 0 saturated carbocycles. The lowest BCUT2D eigenvalue weighted by Gasteiger charge is -2.36. The van der Waals surface area contributed by atoms with Gasteiger partial charge in [0.25, 0.3) is 10.2 Å². The number of hydrogen-bond donors (Lipinski definition) is 2. The van der Waals surface area contributed by atoms with Gasteiger partial charge in [-0.2, -0.15) is 12.7 Å². The van der Waals surface area contributed by atoms with Crippen LogP contribution in [0.25, 0.3) is 0 Å². The molecule has 2 fully saturated rings. The van der Waals surface area contributed by atoms with Crippen molar-refractivity contribution in [2.45, 2.75) is 30.8 Å². The van der Waals surface area contributed by atoms with Crippen LogP contribution in [0.1, 0.15) is 36.3 Å². The number of rotatable bonds is 6. The normalized spacial score (nSPS) is 25.8. The predicted molar refractivity (Wildman–Crippen MR) is 123 cm³/mol. The lowest BCUT2D eigenvalue weighted by molar-refractivity contribution is 0.239. The molecule has 0 spiro atoms. The minimum Gasteiger partial charge on any atom is -0.359 e. The van der Waals surface area contributed by atoms with Crippen LogP contribution >= 0.6 is 23.8 Å². The van der Waals surface area contributed by atoms with Gasteiger partial charge in [-0.25, -0.2) is 5.43 Å². The lowest BCUT2D eigenvalue weighted by atomic mass is 9.82. The van der Waals surface area contributed by atoms with Crippen LogP contribution in [0, 0.1) is 0 Å². The molecule has 4 rings (SSSR count). The largest absolute Gasteiger partial charge is 0.359 e. The molecule has 2 aliphatic rings. The molecule has 0 radical (unpaired) electrons. The highest BCUT2D eigenvalue weighted by molar-refractivity contribution is 7.86. The van der Waals surface area contributed by atoms with Crippen molar-refractivity contribution in [2.75, 3.05) is 19.6 Å². The number of halogens is 1. The SMILES string of the molecule is O=S(=O)(N1CCCCC1)N1CC(c2ccccc2)C(NC=S)(c2ccc(Cl)cc2)N1. The minimum atomic E-state index is -3.67. The van der Waals surface area contributed by atoms with Gasteiger partial charge < -0.3 is 5.32 Å². The minimum absolute atomic E-state index is 0.210. The van der Waals surface area contributed by atoms with Gasteiger partial charge in [-0.3, -0.25) is 0 Å². The Balaban J connectivity index is 1.79. The van der Waals surface area contributed by atoms with Crippen LogP contribution < -0.4 is 10.7 Å². The molecule has 0 amide bonds. The van der Waals surface area contributed by atoms with Gasteiger partial charge in [0, 0.05) is 30.6 Å². The fourth-order valence-electron chi connectivity index (χ4n) is 4.34. The smallest absolute Gasteiger partial charge is 0.294 e. The highest BCUT2D eigenvalue weighted by atomic mass is 35.5. The summed E-state index contributed by atoms with van der Waals surface area (Å²) < 4.78 is 29.8. The first-order valence-electron chi connectivity index (χ1n) is 10.1. The van der Waals surface area contributed by atoms with E-state index in [4.69, 9.17) is 23.8 Å². The molecule has 0 bridgehead atoms. The molecule has 160 valence electrons. The first kappa shape index (κ1) is 21.7. The van der Waals surface area contributed by atoms with E-state index in [0.717, 1.165) is 30.4 Å². The summed E-state index contributed by atoms with van der Waals surface area (Å²) in [5, 5.41) is 3.87. The molecule has 2 aromatic carbocycles. The maximum Gasteiger partial charge on any atom is 0.294 e. The second-order valence-corrected chi connectivity index (χ2v) is 10.2. The number of piperidine rings is 1. The van der Waals surface area contributed by atoms with E-state index in [1.807, 2.05) is 42.5 Å². The van der Waals surface area contributed by atoms with Crippen molar-refractivity contribution in [1.29, 1.82) is 0 Å². The first-order chi connectivity index (χ1) is 14.5. The summed E-state index contributed by atoms with van der Waals surface area (Å²) in [6.07, 6.45) is 2.83. The van der Waals surface area contributed by atoms with Gasteiger partial charge in [0.15, 0.2) is 0 Å². The maximum atomic E-state index is 13.4. The molecule has 2 saturated heterocycles. The van der Waals surface area contributed by atoms with Crippen molar-refractivity contribution >= 4 is 39.5 Å². The maximum absolute atomic E-state index is 13.4. The van der Waals surface area contributed by atoms with Gasteiger partial charge in [0.05, 0.1) is 5.49 Å². The molecular formula is C21H25ClN4O2S2. The third-order valence-corrected chi connectivity index (χ3v) is 8.06. The number of thiocarbonyl (C=S) groups is 1. The van der Waals surface area contributed by atoms with Gasteiger partial charge in [0.2, 0.25) is 0 Å². The van der Waals surface area contributed by atoms with E-state index in [2.05, 4.69) is 10.7 Å². The van der Waals surface area contributed by atoms with E-state index >= 15 is 0 Å². The summed E-state index contributed by atoms with van der Waals surface area (Å²) in [6, 6.07) is 17.3. The molecule has 9 heteroatoms. The average Bonchev–Trinajstić information content (AvgIpc) is 3.17. The Morgan fingerprint density at radius 3 is 2.37 bits per heavy atom. The summed E-state index contributed by atoms with van der Waals surface area (Å²) in [5.41, 5.74) is 5.67. The molecule has 2 N–H and O–H groups in total. The fraction of sp³-hybridized carbons (Fsp3) is 0.381. The second-order valence-electron chi connectivity index (χ2n) is 7.65. The zero-order valence-corrected chi connectivity index (χ0v) is 18.9. The quantitative estimate of drug-likeness (QED) is 0.642. The molecule has 2 aliphatic heterocycles. The third kappa shape index (κ3) is 4.00. The molecule has 6 nitrogen and oxygen atoms in total. The van der Waals surface area contributed by atoms with Gasteiger partial charge in [-0.15, -0.1) is 4.41 Å². The molecule has 2 unspecified atom stereocenters. The summed E-state index contributed by atoms with van der Waals surface area (Å²) >= 11 is 11.3. The number of nitrogens with one attached hydrogen (secondary N) is 2. The van der Waals surface area contributed by atoms with E-state index in [9.17, 15) is 8.42 Å². The van der Waals surface area contributed by atoms with Crippen molar-refractivity contribution in [3.63, 3.8) is 0 Å². The zero-order chi connectivity index (χ0) is 21.2. The topological polar surface area (TPSA) is 64.7 Å². The molecule has 0 aliphatic carbocycles. The van der Waals surface area contributed by atoms with Crippen molar-refractivity contribution < 1.29 is 8.42 Å². The Morgan fingerprint density at radius 1 is 1.07 bits per heavy atom. The van der Waals surface area contributed by atoms with Crippen LogP contribution in [-0.4, -0.2) is 42.3 Å². The molecule has 0 aromatic heterocycles. The lowest BCUT2D eigenvalue weighted by Crippen LogP contribution is -2.58. The number of hydrogen-bond acceptors (Lipinski definition) is 4. The summed E-state index contributed by atoms with van der Waals surface area (Å²) in [7, 11) is -3.67. The standard InChI is InChI=1S/C21H25ClN4O2S2/c22-19-11-9-18(10-12-19)21(23-16-29)20(17-7-3-1-4-8-17)15-26(24-21)30(27,28)25-13-5-2-6-14-25/h1,3-4,7-12,16,20,24H,2,5-6,13-15H2,(H,23,29). The monoisotopic (exact) mass is 464 g/mol. The fourth-order valence-corrected chi connectivity index (χ4v) is 6.25. The summed E-state index contributed by atoms with van der Waals surface area (Å²) in [5.74, 6) is -0.210. The summed E-state index contributed by atoms with van der Waals surface area (Å²) in [6.45, 7) is 1.37. The van der Waals surface area contributed by atoms with Crippen LogP contribution in [0.4, 0.5) is 0 Å². The van der Waals surface area contributed by atoms with E-state index in [1.54, 1.807) is 16.4 Å². The van der Waals surface area contributed by atoms with Gasteiger partial charge in [0.1, 0.15) is 5.66 Å². The Labute approximate surface area is 188 Å². The second kappa shape index (κ2) is 8.90. The molecule has 2 aromatic rings. The number of benzene rings is 2. The number of hydrazine groups is 1. The molecular weight excluding hydrogens is 440 g/mol. The van der Waals surface area contributed by atoms with Crippen LogP contribution in [0.2, 0.25) is 5.02 Å². The van der Waals surface area contributed by atoms with E-state index in [-0.39, 0.29) is 12.5 Å². The Kier molecular flexibility index (Phi) is 6.43. The Hall–Kier alpha value is -1.55. The highest BCUT2D eigenvalue weighted by Gasteiger charge is 2.52. The van der Waals surface area contributed by atoms with Crippen LogP contribution in [-0.2, 0) is 15.9 Å². The van der Waals surface area contributed by atoms with E-state index in [0.29, 0.717) is 18.1 Å². The highest BCUT2D eigenvalue weighted by Crippen LogP contribution is 2.41. The van der Waals surface area contributed by atoms with Crippen molar-refractivity contribution in [3.8, 4) is 0 Å². The zero-order valence-electron chi connectivity index (χ0n) is 16.5. The molecule has 2 heterocycles. The average molecular weight is 465 g/mol. The van der Waals surface area contributed by atoms with E-state index < -0.39 is 15.9 Å². The van der Waals surface area contributed by atoms with Crippen molar-refractivity contribution in [3.05, 3.63) is 70.7 Å². The predicted octanol–water partition coefficient (Wildman–Crippen LogP) is 3.37. The van der Waals surface area contributed by atoms with Gasteiger partial charge in [-0.1, -0.05) is 72.7 Å². The van der Waals surface area contributed by atoms with Crippen LogP contribution in [0.15, 0.2) is 54.6 Å². The van der Waals surface area contributed by atoms with Crippen molar-refractivity contribution in [1.82, 2.24) is 19.5 Å². The Bertz CT molecular complexity index is 982. The molecule has 2 atom stereocenters. The van der Waals surface area contributed by atoms with Crippen LogP contribution in [0.5, 0.6) is 0 Å². The molecule has 30 heavy (non-hydrogen) atoms. The van der Waals surface area contributed by atoms with Crippen molar-refractivity contribution in [2.24, 2.45) is 0 Å². The van der Waals surface area contributed by atoms with E-state index in [1.165, 1.54) is 9.91 Å². The first-order valence-corrected chi connectivity index (χ1v) is 12.3.